The van der Waals surface area contributed by atoms with Crippen LogP contribution in [0, 0.1) is 0 Å². The van der Waals surface area contributed by atoms with Crippen LogP contribution in [0.5, 0.6) is 0 Å². The zero-order valence-electron chi connectivity index (χ0n) is 9.80. The molecule has 0 aliphatic rings. The molecule has 0 radical (unpaired) electrons. The molecule has 0 aliphatic carbocycles. The van der Waals surface area contributed by atoms with E-state index < -0.39 is 0 Å². The maximum atomic E-state index is 3.83. The lowest BCUT2D eigenvalue weighted by atomic mass is 10.1. The first-order valence-corrected chi connectivity index (χ1v) is 5.20. The molecule has 0 unspecified atom stereocenters. The number of halogens is 1. The summed E-state index contributed by atoms with van der Waals surface area (Å²) in [6.07, 6.45) is 6.49. The third-order valence-corrected chi connectivity index (χ3v) is 2.92. The van der Waals surface area contributed by atoms with Crippen LogP contribution in [-0.2, 0) is 0 Å². The van der Waals surface area contributed by atoms with Gasteiger partial charge in [-0.3, -0.25) is 0 Å². The van der Waals surface area contributed by atoms with Gasteiger partial charge in [0.2, 0.25) is 0 Å². The van der Waals surface area contributed by atoms with E-state index in [0.29, 0.717) is 0 Å². The Bertz CT molecular complexity index is 152. The molecule has 0 aromatic rings. The van der Waals surface area contributed by atoms with Crippen molar-refractivity contribution in [3.05, 3.63) is 25.3 Å². The molecule has 2 heteroatoms. The molecule has 84 valence electrons. The summed E-state index contributed by atoms with van der Waals surface area (Å²) in [5.74, 6) is 0. The van der Waals surface area contributed by atoms with Crippen LogP contribution >= 0.6 is 0 Å². The van der Waals surface area contributed by atoms with Crippen LogP contribution < -0.4 is 12.4 Å². The lowest BCUT2D eigenvalue weighted by Gasteiger charge is -2.39. The van der Waals surface area contributed by atoms with Gasteiger partial charge in [-0.2, -0.15) is 0 Å². The Morgan fingerprint density at radius 1 is 1.07 bits per heavy atom. The first kappa shape index (κ1) is 16.2. The largest absolute Gasteiger partial charge is 1.00 e. The first-order valence-electron chi connectivity index (χ1n) is 5.20. The second-order valence-electron chi connectivity index (χ2n) is 3.89. The smallest absolute Gasteiger partial charge is 0.0973 e. The van der Waals surface area contributed by atoms with Crippen molar-refractivity contribution < 1.29 is 16.9 Å². The van der Waals surface area contributed by atoms with Gasteiger partial charge in [-0.1, -0.05) is 27.0 Å². The summed E-state index contributed by atoms with van der Waals surface area (Å²) in [4.78, 5) is 0. The quantitative estimate of drug-likeness (QED) is 0.416. The number of nitrogens with zero attached hydrogens (tertiary/aromatic N) is 1. The van der Waals surface area contributed by atoms with E-state index in [4.69, 9.17) is 0 Å². The molecule has 0 saturated carbocycles. The number of hydrogen-bond donors (Lipinski definition) is 0. The molecule has 0 amide bonds. The maximum Gasteiger partial charge on any atom is 0.0973 e. The van der Waals surface area contributed by atoms with Gasteiger partial charge in [0.1, 0.15) is 0 Å². The Kier molecular flexibility index (Phi) is 9.32. The zero-order valence-corrected chi connectivity index (χ0v) is 10.6. The predicted octanol–water partition coefficient (Wildman–Crippen LogP) is -0.00240. The molecule has 0 N–H and O–H groups in total. The van der Waals surface area contributed by atoms with Crippen molar-refractivity contribution >= 4 is 0 Å². The second kappa shape index (κ2) is 8.07. The molecular formula is C12H24ClN. The van der Waals surface area contributed by atoms with Crippen molar-refractivity contribution in [3.63, 3.8) is 0 Å². The van der Waals surface area contributed by atoms with Crippen LogP contribution in [0.15, 0.2) is 25.3 Å². The van der Waals surface area contributed by atoms with Crippen LogP contribution in [0.3, 0.4) is 0 Å². The molecule has 1 nitrogen and oxygen atoms in total. The summed E-state index contributed by atoms with van der Waals surface area (Å²) >= 11 is 0. The third kappa shape index (κ3) is 4.30. The molecule has 0 atom stereocenters. The molecule has 0 heterocycles. The Morgan fingerprint density at radius 3 is 1.64 bits per heavy atom. The predicted molar refractivity (Wildman–Crippen MR) is 60.7 cm³/mol. The van der Waals surface area contributed by atoms with Gasteiger partial charge in [0.05, 0.1) is 26.2 Å². The molecule has 0 fully saturated rings. The van der Waals surface area contributed by atoms with E-state index in [1.54, 1.807) is 0 Å². The van der Waals surface area contributed by atoms with Crippen LogP contribution in [0.1, 0.15) is 26.7 Å². The summed E-state index contributed by atoms with van der Waals surface area (Å²) in [7, 11) is 2.29. The van der Waals surface area contributed by atoms with E-state index in [1.807, 2.05) is 12.2 Å². The van der Waals surface area contributed by atoms with Gasteiger partial charge >= 0.3 is 0 Å². The Morgan fingerprint density at radius 2 is 1.43 bits per heavy atom. The highest BCUT2D eigenvalue weighted by Crippen LogP contribution is 2.16. The highest BCUT2D eigenvalue weighted by Gasteiger charge is 2.26. The van der Waals surface area contributed by atoms with Gasteiger partial charge in [0.25, 0.3) is 0 Å². The van der Waals surface area contributed by atoms with Gasteiger partial charge < -0.3 is 16.9 Å². The van der Waals surface area contributed by atoms with Crippen molar-refractivity contribution in [1.82, 2.24) is 0 Å². The van der Waals surface area contributed by atoms with Gasteiger partial charge in [0.15, 0.2) is 0 Å². The lowest BCUT2D eigenvalue weighted by Crippen LogP contribution is -3.00. The van der Waals surface area contributed by atoms with E-state index in [-0.39, 0.29) is 12.4 Å². The summed E-state index contributed by atoms with van der Waals surface area (Å²) in [5, 5.41) is 0. The molecule has 0 spiro atoms. The highest BCUT2D eigenvalue weighted by atomic mass is 35.5. The maximum absolute atomic E-state index is 3.83. The molecular weight excluding hydrogens is 194 g/mol. The van der Waals surface area contributed by atoms with Crippen LogP contribution in [0.2, 0.25) is 0 Å². The van der Waals surface area contributed by atoms with E-state index in [2.05, 4.69) is 34.1 Å². The van der Waals surface area contributed by atoms with Crippen molar-refractivity contribution in [3.8, 4) is 0 Å². The molecule has 14 heavy (non-hydrogen) atoms. The number of quaternary nitrogens is 1. The van der Waals surface area contributed by atoms with Crippen LogP contribution in [0.25, 0.3) is 0 Å². The molecule has 0 rings (SSSR count). The second-order valence-corrected chi connectivity index (χ2v) is 3.89. The fourth-order valence-corrected chi connectivity index (χ4v) is 2.13. The van der Waals surface area contributed by atoms with E-state index >= 15 is 0 Å². The summed E-state index contributed by atoms with van der Waals surface area (Å²) in [6, 6.07) is 0.732. The number of likely N-dealkylation sites (N-methyl/N-ethyl adjacent to an activating group) is 1. The first-order chi connectivity index (χ1) is 6.14. The SMILES string of the molecule is C=CC[N+](C)(CC=C)C(CC)CC.[Cl-]. The minimum Gasteiger partial charge on any atom is -1.00 e. The Labute approximate surface area is 95.5 Å². The highest BCUT2D eigenvalue weighted by molar-refractivity contribution is 4.73. The van der Waals surface area contributed by atoms with Crippen molar-refractivity contribution in [1.29, 1.82) is 0 Å². The number of rotatable bonds is 7. The normalized spacial score (nSPS) is 10.9. The van der Waals surface area contributed by atoms with Gasteiger partial charge in [-0.25, -0.2) is 0 Å². The van der Waals surface area contributed by atoms with Crippen LogP contribution in [0.4, 0.5) is 0 Å². The summed E-state index contributed by atoms with van der Waals surface area (Å²) < 4.78 is 1.06. The van der Waals surface area contributed by atoms with E-state index in [9.17, 15) is 0 Å². The molecule has 0 aliphatic heterocycles. The van der Waals surface area contributed by atoms with Crippen molar-refractivity contribution in [2.75, 3.05) is 20.1 Å². The Balaban J connectivity index is 0. The van der Waals surface area contributed by atoms with Gasteiger partial charge in [-0.15, -0.1) is 0 Å². The molecule has 0 bridgehead atoms. The Hall–Kier alpha value is -0.270. The molecule has 0 aromatic carbocycles. The van der Waals surface area contributed by atoms with Crippen molar-refractivity contribution in [2.45, 2.75) is 32.7 Å². The average molecular weight is 218 g/mol. The van der Waals surface area contributed by atoms with Crippen LogP contribution in [-0.4, -0.2) is 30.7 Å². The van der Waals surface area contributed by atoms with Gasteiger partial charge in [0, 0.05) is 0 Å². The summed E-state index contributed by atoms with van der Waals surface area (Å²) in [6.45, 7) is 14.3. The van der Waals surface area contributed by atoms with E-state index in [1.165, 1.54) is 12.8 Å². The standard InChI is InChI=1S/C12H24N.ClH/c1-6-10-13(5,11-7-2)12(8-3)9-4;/h6-7,12H,1-2,8-11H2,3-5H3;1H/q+1;/p-1. The topological polar surface area (TPSA) is 0 Å². The molecule has 0 saturated heterocycles. The zero-order chi connectivity index (χ0) is 10.3. The van der Waals surface area contributed by atoms with Gasteiger partial charge in [-0.05, 0) is 25.0 Å². The van der Waals surface area contributed by atoms with E-state index in [0.717, 1.165) is 23.6 Å². The average Bonchev–Trinajstić information content (AvgIpc) is 2.07. The minimum absolute atomic E-state index is 0. The van der Waals surface area contributed by atoms with Crippen molar-refractivity contribution in [2.24, 2.45) is 0 Å². The monoisotopic (exact) mass is 217 g/mol. The lowest BCUT2D eigenvalue weighted by molar-refractivity contribution is -0.923. The third-order valence-electron chi connectivity index (χ3n) is 2.92. The minimum atomic E-state index is 0. The summed E-state index contributed by atoms with van der Waals surface area (Å²) in [5.41, 5.74) is 0. The molecule has 0 aromatic heterocycles. The number of hydrogen-bond acceptors (Lipinski definition) is 0. The fourth-order valence-electron chi connectivity index (χ4n) is 2.13. The fraction of sp³-hybridized carbons (Fsp3) is 0.667.